The van der Waals surface area contributed by atoms with Crippen LogP contribution in [0.3, 0.4) is 0 Å². The minimum absolute atomic E-state index is 0.615. The van der Waals surface area contributed by atoms with Gasteiger partial charge in [-0.3, -0.25) is 0 Å². The molecule has 0 spiro atoms. The molecule has 1 unspecified atom stereocenters. The number of nitrogens with zero attached hydrogens (tertiary/aromatic N) is 2. The Morgan fingerprint density at radius 3 is 2.90 bits per heavy atom. The fourth-order valence-electron chi connectivity index (χ4n) is 3.09. The maximum atomic E-state index is 4.92. The van der Waals surface area contributed by atoms with Gasteiger partial charge >= 0.3 is 0 Å². The monoisotopic (exact) mass is 275 g/mol. The Labute approximate surface area is 123 Å². The molecular weight excluding hydrogens is 246 g/mol. The number of anilines is 1. The van der Waals surface area contributed by atoms with Crippen LogP contribution in [0, 0.1) is 0 Å². The maximum absolute atomic E-state index is 4.92. The lowest BCUT2D eigenvalue weighted by atomic mass is 10.1. The van der Waals surface area contributed by atoms with Crippen molar-refractivity contribution in [1.29, 1.82) is 0 Å². The Morgan fingerprint density at radius 1 is 1.30 bits per heavy atom. The summed E-state index contributed by atoms with van der Waals surface area (Å²) < 4.78 is 0. The van der Waals surface area contributed by atoms with Gasteiger partial charge in [-0.1, -0.05) is 26.2 Å². The molecule has 0 aromatic carbocycles. The van der Waals surface area contributed by atoms with E-state index in [1.807, 2.05) is 7.05 Å². The zero-order valence-corrected chi connectivity index (χ0v) is 13.3. The van der Waals surface area contributed by atoms with Crippen LogP contribution in [0.1, 0.15) is 57.2 Å². The molecular formula is C17H29N3. The number of aromatic nitrogens is 1. The van der Waals surface area contributed by atoms with E-state index in [4.69, 9.17) is 4.98 Å². The molecule has 0 saturated carbocycles. The first-order chi connectivity index (χ1) is 9.74. The summed E-state index contributed by atoms with van der Waals surface area (Å²) >= 11 is 0. The van der Waals surface area contributed by atoms with Crippen LogP contribution in [0.25, 0.3) is 0 Å². The van der Waals surface area contributed by atoms with Gasteiger partial charge in [0.2, 0.25) is 0 Å². The zero-order valence-electron chi connectivity index (χ0n) is 13.3. The Bertz CT molecular complexity index is 392. The van der Waals surface area contributed by atoms with Crippen molar-refractivity contribution >= 4 is 5.82 Å². The molecule has 3 heteroatoms. The average Bonchev–Trinajstić information content (AvgIpc) is 2.64. The van der Waals surface area contributed by atoms with E-state index in [-0.39, 0.29) is 0 Å². The van der Waals surface area contributed by atoms with E-state index in [2.05, 4.69) is 36.2 Å². The first-order valence-corrected chi connectivity index (χ1v) is 8.15. The molecule has 1 aromatic rings. The van der Waals surface area contributed by atoms with Crippen molar-refractivity contribution < 1.29 is 0 Å². The second-order valence-electron chi connectivity index (χ2n) is 6.00. The van der Waals surface area contributed by atoms with Gasteiger partial charge in [-0.05, 0) is 50.9 Å². The fourth-order valence-corrected chi connectivity index (χ4v) is 3.09. The minimum Gasteiger partial charge on any atom is -0.354 e. The van der Waals surface area contributed by atoms with Gasteiger partial charge in [0, 0.05) is 24.8 Å². The fraction of sp³-hybridized carbons (Fsp3) is 0.706. The summed E-state index contributed by atoms with van der Waals surface area (Å²) in [5.74, 6) is 1.19. The number of hydrogen-bond donors (Lipinski definition) is 1. The second kappa shape index (κ2) is 7.63. The lowest BCUT2D eigenvalue weighted by Crippen LogP contribution is -2.33. The van der Waals surface area contributed by atoms with E-state index in [0.29, 0.717) is 6.04 Å². The predicted octanol–water partition coefficient (Wildman–Crippen LogP) is 3.52. The van der Waals surface area contributed by atoms with E-state index >= 15 is 0 Å². The van der Waals surface area contributed by atoms with Crippen molar-refractivity contribution in [2.45, 2.75) is 65.0 Å². The third-order valence-electron chi connectivity index (χ3n) is 4.16. The third-order valence-corrected chi connectivity index (χ3v) is 4.16. The van der Waals surface area contributed by atoms with Crippen molar-refractivity contribution in [1.82, 2.24) is 10.3 Å². The molecule has 112 valence electrons. The Morgan fingerprint density at radius 2 is 2.15 bits per heavy atom. The molecule has 3 nitrogen and oxygen atoms in total. The first-order valence-electron chi connectivity index (χ1n) is 8.15. The number of aryl methyl sites for hydroxylation is 1. The Kier molecular flexibility index (Phi) is 5.84. The highest BCUT2D eigenvalue weighted by Crippen LogP contribution is 2.24. The van der Waals surface area contributed by atoms with Crippen LogP contribution in [0.4, 0.5) is 5.82 Å². The number of pyridine rings is 1. The topological polar surface area (TPSA) is 28.2 Å². The van der Waals surface area contributed by atoms with Crippen molar-refractivity contribution in [3.8, 4) is 0 Å². The van der Waals surface area contributed by atoms with Gasteiger partial charge < -0.3 is 10.2 Å². The molecule has 1 atom stereocenters. The van der Waals surface area contributed by atoms with Crippen LogP contribution in [-0.4, -0.2) is 24.6 Å². The van der Waals surface area contributed by atoms with Gasteiger partial charge in [0.05, 0.1) is 0 Å². The van der Waals surface area contributed by atoms with Crippen molar-refractivity contribution in [2.24, 2.45) is 0 Å². The summed E-state index contributed by atoms with van der Waals surface area (Å²) in [7, 11) is 2.01. The average molecular weight is 275 g/mol. The first kappa shape index (κ1) is 15.3. The third kappa shape index (κ3) is 3.95. The molecule has 0 bridgehead atoms. The van der Waals surface area contributed by atoms with E-state index in [0.717, 1.165) is 25.9 Å². The molecule has 0 aliphatic carbocycles. The van der Waals surface area contributed by atoms with Crippen molar-refractivity contribution in [2.75, 3.05) is 18.5 Å². The van der Waals surface area contributed by atoms with E-state index in [1.165, 1.54) is 42.8 Å². The van der Waals surface area contributed by atoms with Gasteiger partial charge in [-0.25, -0.2) is 4.98 Å². The zero-order chi connectivity index (χ0) is 14.4. The molecule has 1 N–H and O–H groups in total. The van der Waals surface area contributed by atoms with Crippen LogP contribution >= 0.6 is 0 Å². The molecule has 1 fully saturated rings. The second-order valence-corrected chi connectivity index (χ2v) is 6.00. The predicted molar refractivity (Wildman–Crippen MR) is 86.3 cm³/mol. The van der Waals surface area contributed by atoms with Crippen LogP contribution in [0.15, 0.2) is 12.1 Å². The molecule has 1 aliphatic rings. The van der Waals surface area contributed by atoms with Crippen LogP contribution in [0.2, 0.25) is 0 Å². The summed E-state index contributed by atoms with van der Waals surface area (Å²) in [6.07, 6.45) is 7.54. The quantitative estimate of drug-likeness (QED) is 0.891. The molecule has 0 amide bonds. The molecule has 20 heavy (non-hydrogen) atoms. The van der Waals surface area contributed by atoms with Crippen LogP contribution in [-0.2, 0) is 13.0 Å². The summed E-state index contributed by atoms with van der Waals surface area (Å²) in [4.78, 5) is 7.44. The lowest BCUT2D eigenvalue weighted by molar-refractivity contribution is 0.609. The molecule has 2 rings (SSSR count). The van der Waals surface area contributed by atoms with Gasteiger partial charge in [0.25, 0.3) is 0 Å². The molecule has 1 aliphatic heterocycles. The molecule has 0 radical (unpaired) electrons. The van der Waals surface area contributed by atoms with Crippen molar-refractivity contribution in [3.05, 3.63) is 23.4 Å². The minimum atomic E-state index is 0.615. The summed E-state index contributed by atoms with van der Waals surface area (Å²) in [5, 5.41) is 3.26. The highest BCUT2D eigenvalue weighted by Gasteiger charge is 2.19. The molecule has 2 heterocycles. The maximum Gasteiger partial charge on any atom is 0.129 e. The molecule has 1 aromatic heterocycles. The summed E-state index contributed by atoms with van der Waals surface area (Å²) in [6, 6.07) is 5.15. The van der Waals surface area contributed by atoms with Crippen molar-refractivity contribution in [3.63, 3.8) is 0 Å². The van der Waals surface area contributed by atoms with Gasteiger partial charge in [0.15, 0.2) is 0 Å². The smallest absolute Gasteiger partial charge is 0.129 e. The molecule has 1 saturated heterocycles. The highest BCUT2D eigenvalue weighted by molar-refractivity contribution is 5.44. The van der Waals surface area contributed by atoms with Gasteiger partial charge in [0.1, 0.15) is 5.82 Å². The van der Waals surface area contributed by atoms with E-state index < -0.39 is 0 Å². The van der Waals surface area contributed by atoms with Gasteiger partial charge in [-0.2, -0.15) is 0 Å². The normalized spacial score (nSPS) is 19.9. The Hall–Kier alpha value is -1.09. The summed E-state index contributed by atoms with van der Waals surface area (Å²) in [6.45, 7) is 6.65. The SMILES string of the molecule is CCCc1cc(CNC)cc(N2CCCCCC2C)n1. The number of nitrogens with one attached hydrogen (secondary N) is 1. The van der Waals surface area contributed by atoms with E-state index in [9.17, 15) is 0 Å². The Balaban J connectivity index is 2.27. The van der Waals surface area contributed by atoms with Crippen LogP contribution in [0.5, 0.6) is 0 Å². The standard InChI is InChI=1S/C17H29N3/c1-4-8-16-11-15(13-18-3)12-17(19-16)20-10-7-5-6-9-14(20)2/h11-12,14,18H,4-10,13H2,1-3H3. The van der Waals surface area contributed by atoms with Crippen LogP contribution < -0.4 is 10.2 Å². The van der Waals surface area contributed by atoms with E-state index in [1.54, 1.807) is 0 Å². The lowest BCUT2D eigenvalue weighted by Gasteiger charge is -2.29. The number of hydrogen-bond acceptors (Lipinski definition) is 3. The number of rotatable bonds is 5. The highest BCUT2D eigenvalue weighted by atomic mass is 15.2. The van der Waals surface area contributed by atoms with Gasteiger partial charge in [-0.15, -0.1) is 0 Å². The summed E-state index contributed by atoms with van der Waals surface area (Å²) in [5.41, 5.74) is 2.60. The largest absolute Gasteiger partial charge is 0.354 e.